The third-order valence-electron chi connectivity index (χ3n) is 4.39. The molecule has 0 spiro atoms. The quantitative estimate of drug-likeness (QED) is 0.803. The Morgan fingerprint density at radius 2 is 1.78 bits per heavy atom. The summed E-state index contributed by atoms with van der Waals surface area (Å²) in [5, 5.41) is 0. The maximum absolute atomic E-state index is 12.4. The molecule has 23 heavy (non-hydrogen) atoms. The van der Waals surface area contributed by atoms with Crippen LogP contribution in [-0.4, -0.2) is 67.7 Å². The van der Waals surface area contributed by atoms with Gasteiger partial charge in [-0.3, -0.25) is 9.69 Å². The number of carbonyl (C=O) groups is 1. The Labute approximate surface area is 139 Å². The number of carbonyl (C=O) groups excluding carboxylic acids is 1. The van der Waals surface area contributed by atoms with Gasteiger partial charge in [0.1, 0.15) is 5.75 Å². The Balaban J connectivity index is 1.84. The van der Waals surface area contributed by atoms with Gasteiger partial charge in [0.2, 0.25) is 0 Å². The van der Waals surface area contributed by atoms with Crippen molar-refractivity contribution >= 4 is 5.91 Å². The van der Waals surface area contributed by atoms with Crippen LogP contribution in [0.1, 0.15) is 19.4 Å². The largest absolute Gasteiger partial charge is 0.484 e. The number of hydrogen-bond donors (Lipinski definition) is 0. The van der Waals surface area contributed by atoms with Crippen molar-refractivity contribution in [1.82, 2.24) is 9.80 Å². The second-order valence-corrected chi connectivity index (χ2v) is 6.33. The fraction of sp³-hybridized carbons (Fsp3) is 0.611. The zero-order valence-corrected chi connectivity index (χ0v) is 14.6. The van der Waals surface area contributed by atoms with Crippen LogP contribution in [-0.2, 0) is 9.53 Å². The highest BCUT2D eigenvalue weighted by Crippen LogP contribution is 2.16. The summed E-state index contributed by atoms with van der Waals surface area (Å²) in [4.78, 5) is 16.7. The molecule has 0 aromatic heterocycles. The van der Waals surface area contributed by atoms with E-state index in [4.69, 9.17) is 9.47 Å². The first-order valence-electron chi connectivity index (χ1n) is 8.23. The number of nitrogens with zero attached hydrogens (tertiary/aromatic N) is 2. The summed E-state index contributed by atoms with van der Waals surface area (Å²) in [5.74, 6) is 0.791. The summed E-state index contributed by atoms with van der Waals surface area (Å²) in [7, 11) is 1.72. The molecule has 1 aliphatic heterocycles. The normalized spacial score (nSPS) is 22.2. The molecule has 2 unspecified atom stereocenters. The minimum atomic E-state index is 0.0515. The molecule has 2 rings (SSSR count). The molecule has 1 saturated heterocycles. The SMILES string of the molecule is COCCN1C(C)CN(C(=O)COc2ccc(C)cc2)CC1C. The summed E-state index contributed by atoms with van der Waals surface area (Å²) >= 11 is 0. The van der Waals surface area contributed by atoms with E-state index in [1.807, 2.05) is 36.1 Å². The van der Waals surface area contributed by atoms with Crippen LogP contribution in [0.2, 0.25) is 0 Å². The van der Waals surface area contributed by atoms with Gasteiger partial charge >= 0.3 is 0 Å². The van der Waals surface area contributed by atoms with Crippen molar-refractivity contribution in [3.8, 4) is 5.75 Å². The van der Waals surface area contributed by atoms with E-state index in [2.05, 4.69) is 18.7 Å². The van der Waals surface area contributed by atoms with E-state index in [1.54, 1.807) is 7.11 Å². The van der Waals surface area contributed by atoms with Crippen molar-refractivity contribution < 1.29 is 14.3 Å². The predicted octanol–water partition coefficient (Wildman–Crippen LogP) is 1.94. The lowest BCUT2D eigenvalue weighted by molar-refractivity contribution is -0.137. The number of hydrogen-bond acceptors (Lipinski definition) is 4. The van der Waals surface area contributed by atoms with Gasteiger partial charge in [0, 0.05) is 38.8 Å². The average molecular weight is 320 g/mol. The maximum Gasteiger partial charge on any atom is 0.260 e. The average Bonchev–Trinajstić information content (AvgIpc) is 2.53. The Hall–Kier alpha value is -1.59. The molecule has 0 N–H and O–H groups in total. The van der Waals surface area contributed by atoms with Crippen LogP contribution in [0.5, 0.6) is 5.75 Å². The number of amides is 1. The van der Waals surface area contributed by atoms with Crippen molar-refractivity contribution in [2.24, 2.45) is 0 Å². The number of benzene rings is 1. The highest BCUT2D eigenvalue weighted by Gasteiger charge is 2.31. The monoisotopic (exact) mass is 320 g/mol. The highest BCUT2D eigenvalue weighted by molar-refractivity contribution is 5.78. The summed E-state index contributed by atoms with van der Waals surface area (Å²) in [6.45, 7) is 9.55. The van der Waals surface area contributed by atoms with Gasteiger partial charge in [0.05, 0.1) is 6.61 Å². The first-order valence-corrected chi connectivity index (χ1v) is 8.23. The van der Waals surface area contributed by atoms with Crippen LogP contribution in [0, 0.1) is 6.92 Å². The predicted molar refractivity (Wildman–Crippen MR) is 90.8 cm³/mol. The standard InChI is InChI=1S/C18H28N2O3/c1-14-5-7-17(8-6-14)23-13-18(21)19-11-15(2)20(9-10-22-4)16(3)12-19/h5-8,15-16H,9-13H2,1-4H3. The molecule has 1 aliphatic rings. The van der Waals surface area contributed by atoms with E-state index in [-0.39, 0.29) is 12.5 Å². The van der Waals surface area contributed by atoms with Crippen molar-refractivity contribution in [3.63, 3.8) is 0 Å². The molecule has 1 fully saturated rings. The molecule has 1 aromatic rings. The third kappa shape index (κ3) is 4.94. The topological polar surface area (TPSA) is 42.0 Å². The van der Waals surface area contributed by atoms with Crippen LogP contribution in [0.3, 0.4) is 0 Å². The fourth-order valence-electron chi connectivity index (χ4n) is 3.07. The molecule has 1 heterocycles. The van der Waals surface area contributed by atoms with Gasteiger partial charge in [-0.15, -0.1) is 0 Å². The van der Waals surface area contributed by atoms with Gasteiger partial charge in [-0.05, 0) is 32.9 Å². The van der Waals surface area contributed by atoms with Gasteiger partial charge in [-0.25, -0.2) is 0 Å². The number of methoxy groups -OCH3 is 1. The zero-order valence-electron chi connectivity index (χ0n) is 14.6. The van der Waals surface area contributed by atoms with Crippen molar-refractivity contribution in [1.29, 1.82) is 0 Å². The molecule has 0 radical (unpaired) electrons. The van der Waals surface area contributed by atoms with Gasteiger partial charge in [0.25, 0.3) is 5.91 Å². The first kappa shape index (κ1) is 17.8. The second-order valence-electron chi connectivity index (χ2n) is 6.33. The summed E-state index contributed by atoms with van der Waals surface area (Å²) in [5.41, 5.74) is 1.18. The molecular formula is C18H28N2O3. The van der Waals surface area contributed by atoms with E-state index >= 15 is 0 Å². The van der Waals surface area contributed by atoms with E-state index in [0.717, 1.165) is 32.0 Å². The molecule has 5 nitrogen and oxygen atoms in total. The lowest BCUT2D eigenvalue weighted by atomic mass is 10.1. The Kier molecular flexibility index (Phi) is 6.42. The second kappa shape index (κ2) is 8.31. The van der Waals surface area contributed by atoms with Gasteiger partial charge in [-0.1, -0.05) is 17.7 Å². The minimum Gasteiger partial charge on any atom is -0.484 e. The van der Waals surface area contributed by atoms with Crippen LogP contribution in [0.15, 0.2) is 24.3 Å². The number of piperazine rings is 1. The van der Waals surface area contributed by atoms with E-state index in [0.29, 0.717) is 12.1 Å². The van der Waals surface area contributed by atoms with Crippen LogP contribution < -0.4 is 4.74 Å². The Bertz CT molecular complexity index is 491. The van der Waals surface area contributed by atoms with E-state index < -0.39 is 0 Å². The van der Waals surface area contributed by atoms with Crippen molar-refractivity contribution in [3.05, 3.63) is 29.8 Å². The summed E-state index contributed by atoms with van der Waals surface area (Å²) < 4.78 is 10.8. The van der Waals surface area contributed by atoms with Crippen LogP contribution in [0.4, 0.5) is 0 Å². The Morgan fingerprint density at radius 1 is 1.17 bits per heavy atom. The molecule has 5 heteroatoms. The molecule has 2 atom stereocenters. The minimum absolute atomic E-state index is 0.0515. The van der Waals surface area contributed by atoms with Crippen molar-refractivity contribution in [2.45, 2.75) is 32.9 Å². The zero-order chi connectivity index (χ0) is 16.8. The van der Waals surface area contributed by atoms with Gasteiger partial charge in [-0.2, -0.15) is 0 Å². The molecular weight excluding hydrogens is 292 g/mol. The summed E-state index contributed by atoms with van der Waals surface area (Å²) in [6.07, 6.45) is 0. The van der Waals surface area contributed by atoms with Crippen molar-refractivity contribution in [2.75, 3.05) is 40.0 Å². The molecule has 0 bridgehead atoms. The maximum atomic E-state index is 12.4. The lowest BCUT2D eigenvalue weighted by Crippen LogP contribution is -2.59. The Morgan fingerprint density at radius 3 is 2.35 bits per heavy atom. The number of ether oxygens (including phenoxy) is 2. The van der Waals surface area contributed by atoms with Gasteiger partial charge in [0.15, 0.2) is 6.61 Å². The molecule has 0 aliphatic carbocycles. The number of aryl methyl sites for hydroxylation is 1. The third-order valence-corrected chi connectivity index (χ3v) is 4.39. The van der Waals surface area contributed by atoms with E-state index in [1.165, 1.54) is 5.56 Å². The van der Waals surface area contributed by atoms with Crippen LogP contribution in [0.25, 0.3) is 0 Å². The number of rotatable bonds is 6. The molecule has 128 valence electrons. The van der Waals surface area contributed by atoms with Crippen LogP contribution >= 0.6 is 0 Å². The first-order chi connectivity index (χ1) is 11.0. The summed E-state index contributed by atoms with van der Waals surface area (Å²) in [6, 6.07) is 8.43. The molecule has 1 amide bonds. The molecule has 0 saturated carbocycles. The molecule has 1 aromatic carbocycles. The fourth-order valence-corrected chi connectivity index (χ4v) is 3.07. The lowest BCUT2D eigenvalue weighted by Gasteiger charge is -2.44. The van der Waals surface area contributed by atoms with E-state index in [9.17, 15) is 4.79 Å². The smallest absolute Gasteiger partial charge is 0.260 e. The highest BCUT2D eigenvalue weighted by atomic mass is 16.5. The van der Waals surface area contributed by atoms with Gasteiger partial charge < -0.3 is 14.4 Å².